The number of carbonyl (C=O) groups is 1. The van der Waals surface area contributed by atoms with Gasteiger partial charge in [0.1, 0.15) is 5.57 Å². The SMILES string of the molecule is CCOC(=O)/C(CC=C=C(C)C)=C(\O)OCC. The quantitative estimate of drug-likeness (QED) is 0.336. The van der Waals surface area contributed by atoms with Crippen molar-refractivity contribution in [3.8, 4) is 0 Å². The van der Waals surface area contributed by atoms with Crippen molar-refractivity contribution in [1.82, 2.24) is 0 Å². The molecule has 0 aliphatic heterocycles. The number of hydrogen-bond acceptors (Lipinski definition) is 4. The van der Waals surface area contributed by atoms with Gasteiger partial charge in [0, 0.05) is 6.42 Å². The second-order valence-corrected chi connectivity index (χ2v) is 3.49. The van der Waals surface area contributed by atoms with Crippen LogP contribution in [-0.4, -0.2) is 24.3 Å². The van der Waals surface area contributed by atoms with Crippen molar-refractivity contribution in [3.05, 3.63) is 28.9 Å². The van der Waals surface area contributed by atoms with Crippen LogP contribution >= 0.6 is 0 Å². The van der Waals surface area contributed by atoms with Gasteiger partial charge in [-0.3, -0.25) is 0 Å². The van der Waals surface area contributed by atoms with E-state index in [2.05, 4.69) is 5.73 Å². The normalized spacial score (nSPS) is 11.1. The topological polar surface area (TPSA) is 55.8 Å². The number of esters is 1. The van der Waals surface area contributed by atoms with Crippen LogP contribution in [0.2, 0.25) is 0 Å². The Morgan fingerprint density at radius 2 is 1.82 bits per heavy atom. The summed E-state index contributed by atoms with van der Waals surface area (Å²) in [6.45, 7) is 7.78. The van der Waals surface area contributed by atoms with E-state index in [0.717, 1.165) is 5.57 Å². The molecule has 0 atom stereocenters. The summed E-state index contributed by atoms with van der Waals surface area (Å²) in [5.74, 6) is -0.942. The second kappa shape index (κ2) is 8.48. The third-order valence-electron chi connectivity index (χ3n) is 1.76. The van der Waals surface area contributed by atoms with Crippen LogP contribution in [0.4, 0.5) is 0 Å². The van der Waals surface area contributed by atoms with E-state index in [9.17, 15) is 9.90 Å². The molecule has 4 heteroatoms. The van der Waals surface area contributed by atoms with Gasteiger partial charge in [0.25, 0.3) is 5.95 Å². The Balaban J connectivity index is 4.92. The van der Waals surface area contributed by atoms with E-state index in [4.69, 9.17) is 9.47 Å². The fraction of sp³-hybridized carbons (Fsp3) is 0.538. The summed E-state index contributed by atoms with van der Waals surface area (Å²) in [7, 11) is 0. The lowest BCUT2D eigenvalue weighted by molar-refractivity contribution is -0.139. The molecule has 0 bridgehead atoms. The number of allylic oxidation sites excluding steroid dienone is 1. The van der Waals surface area contributed by atoms with Crippen LogP contribution in [0.3, 0.4) is 0 Å². The zero-order valence-corrected chi connectivity index (χ0v) is 10.9. The minimum atomic E-state index is -0.565. The van der Waals surface area contributed by atoms with Crippen LogP contribution in [0.5, 0.6) is 0 Å². The molecular weight excluding hydrogens is 220 g/mol. The molecule has 4 nitrogen and oxygen atoms in total. The van der Waals surface area contributed by atoms with Crippen molar-refractivity contribution in [1.29, 1.82) is 0 Å². The highest BCUT2D eigenvalue weighted by molar-refractivity contribution is 5.88. The maximum absolute atomic E-state index is 11.6. The molecule has 17 heavy (non-hydrogen) atoms. The first-order chi connectivity index (χ1) is 8.02. The highest BCUT2D eigenvalue weighted by Gasteiger charge is 2.16. The van der Waals surface area contributed by atoms with Crippen LogP contribution in [-0.2, 0) is 14.3 Å². The first kappa shape index (κ1) is 15.3. The molecule has 96 valence electrons. The van der Waals surface area contributed by atoms with Gasteiger partial charge in [0.2, 0.25) is 0 Å². The van der Waals surface area contributed by atoms with E-state index in [1.165, 1.54) is 0 Å². The summed E-state index contributed by atoms with van der Waals surface area (Å²) in [5, 5.41) is 9.57. The van der Waals surface area contributed by atoms with E-state index < -0.39 is 5.97 Å². The molecule has 0 unspecified atom stereocenters. The number of rotatable bonds is 6. The molecule has 0 saturated heterocycles. The molecular formula is C13H20O4. The Labute approximate surface area is 102 Å². The average Bonchev–Trinajstić information content (AvgIpc) is 2.24. The van der Waals surface area contributed by atoms with Crippen LogP contribution in [0.15, 0.2) is 28.9 Å². The Morgan fingerprint density at radius 3 is 2.29 bits per heavy atom. The third-order valence-corrected chi connectivity index (χ3v) is 1.76. The fourth-order valence-corrected chi connectivity index (χ4v) is 1.06. The predicted octanol–water partition coefficient (Wildman–Crippen LogP) is 2.87. The Hall–Kier alpha value is -1.67. The Kier molecular flexibility index (Phi) is 7.65. The number of aliphatic hydroxyl groups excluding tert-OH is 1. The van der Waals surface area contributed by atoms with Gasteiger partial charge in [-0.25, -0.2) is 4.79 Å². The van der Waals surface area contributed by atoms with Gasteiger partial charge in [-0.05, 0) is 39.3 Å². The van der Waals surface area contributed by atoms with Crippen molar-refractivity contribution < 1.29 is 19.4 Å². The summed E-state index contributed by atoms with van der Waals surface area (Å²) >= 11 is 0. The molecule has 0 spiro atoms. The van der Waals surface area contributed by atoms with E-state index in [-0.39, 0.29) is 24.5 Å². The largest absolute Gasteiger partial charge is 0.481 e. The van der Waals surface area contributed by atoms with E-state index in [0.29, 0.717) is 6.61 Å². The number of ether oxygens (including phenoxy) is 2. The molecule has 0 aromatic heterocycles. The van der Waals surface area contributed by atoms with Gasteiger partial charge in [-0.1, -0.05) is 0 Å². The standard InChI is InChI=1S/C13H20O4/c1-5-16-12(14)11(13(15)17-6-2)9-7-8-10(3)4/h7,14H,5-6,9H2,1-4H3/b12-11+. The fourth-order valence-electron chi connectivity index (χ4n) is 1.06. The van der Waals surface area contributed by atoms with Crippen molar-refractivity contribution in [2.75, 3.05) is 13.2 Å². The van der Waals surface area contributed by atoms with Gasteiger partial charge < -0.3 is 14.6 Å². The minimum Gasteiger partial charge on any atom is -0.481 e. The Morgan fingerprint density at radius 1 is 1.24 bits per heavy atom. The zero-order valence-electron chi connectivity index (χ0n) is 10.9. The minimum absolute atomic E-state index is 0.113. The molecule has 0 aliphatic rings. The van der Waals surface area contributed by atoms with Crippen LogP contribution in [0.25, 0.3) is 0 Å². The second-order valence-electron chi connectivity index (χ2n) is 3.49. The molecule has 0 fully saturated rings. The molecule has 0 aliphatic carbocycles. The first-order valence-corrected chi connectivity index (χ1v) is 5.63. The predicted molar refractivity (Wildman–Crippen MR) is 65.5 cm³/mol. The number of aliphatic hydroxyl groups is 1. The van der Waals surface area contributed by atoms with Crippen molar-refractivity contribution in [2.45, 2.75) is 34.1 Å². The lowest BCUT2D eigenvalue weighted by atomic mass is 10.2. The highest BCUT2D eigenvalue weighted by Crippen LogP contribution is 2.11. The first-order valence-electron chi connectivity index (χ1n) is 5.63. The van der Waals surface area contributed by atoms with Gasteiger partial charge in [-0.2, -0.15) is 0 Å². The maximum Gasteiger partial charge on any atom is 0.341 e. The number of carbonyl (C=O) groups excluding carboxylic acids is 1. The third kappa shape index (κ3) is 6.48. The summed E-state index contributed by atoms with van der Waals surface area (Å²) < 4.78 is 9.75. The molecule has 0 heterocycles. The molecule has 0 radical (unpaired) electrons. The van der Waals surface area contributed by atoms with Crippen LogP contribution in [0, 0.1) is 0 Å². The summed E-state index contributed by atoms with van der Waals surface area (Å²) in [6.07, 6.45) is 1.90. The number of hydrogen-bond donors (Lipinski definition) is 1. The monoisotopic (exact) mass is 240 g/mol. The van der Waals surface area contributed by atoms with Crippen LogP contribution < -0.4 is 0 Å². The van der Waals surface area contributed by atoms with Crippen molar-refractivity contribution >= 4 is 5.97 Å². The smallest absolute Gasteiger partial charge is 0.341 e. The van der Waals surface area contributed by atoms with Crippen molar-refractivity contribution in [3.63, 3.8) is 0 Å². The maximum atomic E-state index is 11.6. The van der Waals surface area contributed by atoms with Gasteiger partial charge in [-0.15, -0.1) is 5.73 Å². The molecule has 0 aromatic carbocycles. The van der Waals surface area contributed by atoms with Gasteiger partial charge in [0.05, 0.1) is 13.2 Å². The van der Waals surface area contributed by atoms with Crippen LogP contribution in [0.1, 0.15) is 34.1 Å². The lowest BCUT2D eigenvalue weighted by Crippen LogP contribution is -2.11. The molecule has 0 saturated carbocycles. The lowest BCUT2D eigenvalue weighted by Gasteiger charge is -2.07. The Bertz CT molecular complexity index is 342. The van der Waals surface area contributed by atoms with E-state index >= 15 is 0 Å². The molecule has 1 N–H and O–H groups in total. The summed E-state index contributed by atoms with van der Waals surface area (Å²) in [6, 6.07) is 0. The van der Waals surface area contributed by atoms with Crippen molar-refractivity contribution in [2.24, 2.45) is 0 Å². The zero-order chi connectivity index (χ0) is 13.3. The van der Waals surface area contributed by atoms with Gasteiger partial charge in [0.15, 0.2) is 0 Å². The van der Waals surface area contributed by atoms with E-state index in [1.807, 2.05) is 13.8 Å². The molecule has 0 rings (SSSR count). The molecule has 0 aromatic rings. The van der Waals surface area contributed by atoms with E-state index in [1.54, 1.807) is 19.9 Å². The summed E-state index contributed by atoms with van der Waals surface area (Å²) in [4.78, 5) is 11.6. The summed E-state index contributed by atoms with van der Waals surface area (Å²) in [5.41, 5.74) is 4.06. The highest BCUT2D eigenvalue weighted by atomic mass is 16.6. The van der Waals surface area contributed by atoms with Gasteiger partial charge >= 0.3 is 5.97 Å². The molecule has 0 amide bonds. The average molecular weight is 240 g/mol.